The Morgan fingerprint density at radius 2 is 2.15 bits per heavy atom. The summed E-state index contributed by atoms with van der Waals surface area (Å²) >= 11 is 0. The fraction of sp³-hybridized carbons (Fsp3) is 0.700. The third-order valence-electron chi connectivity index (χ3n) is 2.66. The van der Waals surface area contributed by atoms with Gasteiger partial charge in [-0.1, -0.05) is 6.08 Å². The highest BCUT2D eigenvalue weighted by Crippen LogP contribution is 2.25. The van der Waals surface area contributed by atoms with Crippen molar-refractivity contribution in [2.45, 2.75) is 31.8 Å². The maximum atomic E-state index is 11.0. The Kier molecular flexibility index (Phi) is 3.09. The van der Waals surface area contributed by atoms with Gasteiger partial charge in [-0.3, -0.25) is 4.79 Å². The third-order valence-corrected chi connectivity index (χ3v) is 2.66. The second kappa shape index (κ2) is 3.92. The molecule has 0 aliphatic carbocycles. The van der Waals surface area contributed by atoms with E-state index in [1.807, 2.05) is 0 Å². The maximum absolute atomic E-state index is 11.0. The third kappa shape index (κ3) is 2.56. The Balaban J connectivity index is 2.46. The van der Waals surface area contributed by atoms with Gasteiger partial charge in [0.1, 0.15) is 0 Å². The van der Waals surface area contributed by atoms with Crippen LogP contribution in [0.1, 0.15) is 26.2 Å². The van der Waals surface area contributed by atoms with Gasteiger partial charge in [0.2, 0.25) is 5.91 Å². The van der Waals surface area contributed by atoms with Gasteiger partial charge in [0, 0.05) is 20.0 Å². The summed E-state index contributed by atoms with van der Waals surface area (Å²) in [5.74, 6) is 0.0978. The minimum absolute atomic E-state index is 0.0978. The molecule has 13 heavy (non-hydrogen) atoms. The quantitative estimate of drug-likeness (QED) is 0.647. The molecule has 3 nitrogen and oxygen atoms in total. The summed E-state index contributed by atoms with van der Waals surface area (Å²) in [4.78, 5) is 12.8. The van der Waals surface area contributed by atoms with Gasteiger partial charge in [0.25, 0.3) is 0 Å². The van der Waals surface area contributed by atoms with E-state index >= 15 is 0 Å². The summed E-state index contributed by atoms with van der Waals surface area (Å²) in [7, 11) is 0. The first kappa shape index (κ1) is 10.3. The van der Waals surface area contributed by atoms with Crippen LogP contribution in [0, 0.1) is 0 Å². The van der Waals surface area contributed by atoms with E-state index in [0.717, 1.165) is 0 Å². The predicted molar refractivity (Wildman–Crippen MR) is 51.3 cm³/mol. The van der Waals surface area contributed by atoms with Gasteiger partial charge in [-0.2, -0.15) is 0 Å². The van der Waals surface area contributed by atoms with Crippen molar-refractivity contribution in [3.8, 4) is 0 Å². The molecule has 1 saturated heterocycles. The van der Waals surface area contributed by atoms with Crippen molar-refractivity contribution in [1.82, 2.24) is 4.90 Å². The van der Waals surface area contributed by atoms with Crippen molar-refractivity contribution in [2.75, 3.05) is 13.1 Å². The number of nitrogens with zero attached hydrogens (tertiary/aromatic N) is 1. The van der Waals surface area contributed by atoms with E-state index in [2.05, 4.69) is 6.58 Å². The summed E-state index contributed by atoms with van der Waals surface area (Å²) in [6.07, 6.45) is 3.69. The van der Waals surface area contributed by atoms with Crippen LogP contribution in [0.5, 0.6) is 0 Å². The first-order valence-corrected chi connectivity index (χ1v) is 4.66. The van der Waals surface area contributed by atoms with Crippen molar-refractivity contribution in [2.24, 2.45) is 0 Å². The minimum Gasteiger partial charge on any atom is -0.389 e. The van der Waals surface area contributed by atoms with E-state index in [9.17, 15) is 9.90 Å². The van der Waals surface area contributed by atoms with E-state index in [4.69, 9.17) is 0 Å². The van der Waals surface area contributed by atoms with Gasteiger partial charge in [0.05, 0.1) is 5.60 Å². The van der Waals surface area contributed by atoms with Crippen LogP contribution in [0.25, 0.3) is 0 Å². The number of carbonyl (C=O) groups excluding carboxylic acids is 1. The van der Waals surface area contributed by atoms with Crippen molar-refractivity contribution in [3.05, 3.63) is 12.7 Å². The van der Waals surface area contributed by atoms with Gasteiger partial charge in [0.15, 0.2) is 0 Å². The molecule has 0 aromatic carbocycles. The normalized spacial score (nSPS) is 21.2. The van der Waals surface area contributed by atoms with Crippen molar-refractivity contribution >= 4 is 5.91 Å². The number of likely N-dealkylation sites (tertiary alicyclic amines) is 1. The second-order valence-electron chi connectivity index (χ2n) is 3.72. The lowest BCUT2D eigenvalue weighted by atomic mass is 9.88. The van der Waals surface area contributed by atoms with Crippen LogP contribution in [0.15, 0.2) is 12.7 Å². The zero-order valence-corrected chi connectivity index (χ0v) is 8.12. The molecule has 0 aromatic heterocycles. The lowest BCUT2D eigenvalue weighted by Gasteiger charge is -2.37. The van der Waals surface area contributed by atoms with Gasteiger partial charge in [-0.05, 0) is 19.3 Å². The van der Waals surface area contributed by atoms with Crippen molar-refractivity contribution in [3.63, 3.8) is 0 Å². The van der Waals surface area contributed by atoms with Gasteiger partial charge in [-0.15, -0.1) is 6.58 Å². The van der Waals surface area contributed by atoms with Crippen LogP contribution in [0.4, 0.5) is 0 Å². The summed E-state index contributed by atoms with van der Waals surface area (Å²) in [6, 6.07) is 0. The summed E-state index contributed by atoms with van der Waals surface area (Å²) in [5, 5.41) is 9.96. The van der Waals surface area contributed by atoms with Gasteiger partial charge >= 0.3 is 0 Å². The highest BCUT2D eigenvalue weighted by atomic mass is 16.3. The molecule has 1 N–H and O–H groups in total. The number of carbonyl (C=O) groups is 1. The molecule has 0 spiro atoms. The lowest BCUT2D eigenvalue weighted by molar-refractivity contribution is -0.132. The molecule has 0 saturated carbocycles. The average Bonchev–Trinajstić information content (AvgIpc) is 2.05. The van der Waals surface area contributed by atoms with E-state index in [1.165, 1.54) is 0 Å². The molecule has 3 heteroatoms. The molecule has 1 amide bonds. The summed E-state index contributed by atoms with van der Waals surface area (Å²) in [5.41, 5.74) is -0.617. The first-order valence-electron chi connectivity index (χ1n) is 4.66. The fourth-order valence-corrected chi connectivity index (χ4v) is 1.71. The van der Waals surface area contributed by atoms with Gasteiger partial charge in [-0.25, -0.2) is 0 Å². The standard InChI is InChI=1S/C10H17NO2/c1-3-4-10(13)5-7-11(8-6-10)9(2)12/h3,13H,1,4-8H2,2H3. The molecule has 0 aromatic rings. The summed E-state index contributed by atoms with van der Waals surface area (Å²) < 4.78 is 0. The molecule has 1 aliphatic rings. The fourth-order valence-electron chi connectivity index (χ4n) is 1.71. The largest absolute Gasteiger partial charge is 0.389 e. The predicted octanol–water partition coefficient (Wildman–Crippen LogP) is 0.936. The highest BCUT2D eigenvalue weighted by Gasteiger charge is 2.31. The molecule has 1 rings (SSSR count). The Morgan fingerprint density at radius 1 is 1.62 bits per heavy atom. The zero-order chi connectivity index (χ0) is 9.90. The van der Waals surface area contributed by atoms with Crippen LogP contribution in [-0.2, 0) is 4.79 Å². The van der Waals surface area contributed by atoms with E-state index in [1.54, 1.807) is 17.9 Å². The van der Waals surface area contributed by atoms with Crippen LogP contribution < -0.4 is 0 Å². The maximum Gasteiger partial charge on any atom is 0.219 e. The monoisotopic (exact) mass is 183 g/mol. The van der Waals surface area contributed by atoms with E-state index < -0.39 is 5.60 Å². The van der Waals surface area contributed by atoms with Crippen LogP contribution in [0.2, 0.25) is 0 Å². The topological polar surface area (TPSA) is 40.5 Å². The Bertz CT molecular complexity index is 205. The molecule has 1 heterocycles. The number of hydrogen-bond acceptors (Lipinski definition) is 2. The molecule has 1 fully saturated rings. The molecule has 0 bridgehead atoms. The molecular weight excluding hydrogens is 166 g/mol. The number of aliphatic hydroxyl groups is 1. The van der Waals surface area contributed by atoms with Crippen LogP contribution in [-0.4, -0.2) is 34.6 Å². The van der Waals surface area contributed by atoms with E-state index in [0.29, 0.717) is 32.4 Å². The molecule has 0 atom stereocenters. The number of rotatable bonds is 2. The van der Waals surface area contributed by atoms with Gasteiger partial charge < -0.3 is 10.0 Å². The smallest absolute Gasteiger partial charge is 0.219 e. The zero-order valence-electron chi connectivity index (χ0n) is 8.12. The van der Waals surface area contributed by atoms with Crippen molar-refractivity contribution < 1.29 is 9.90 Å². The Labute approximate surface area is 79.0 Å². The van der Waals surface area contributed by atoms with Crippen LogP contribution in [0.3, 0.4) is 0 Å². The lowest BCUT2D eigenvalue weighted by Crippen LogP contribution is -2.45. The minimum atomic E-state index is -0.617. The average molecular weight is 183 g/mol. The van der Waals surface area contributed by atoms with Crippen LogP contribution >= 0.6 is 0 Å². The molecule has 0 radical (unpaired) electrons. The molecule has 74 valence electrons. The molecule has 0 unspecified atom stereocenters. The number of piperidine rings is 1. The number of hydrogen-bond donors (Lipinski definition) is 1. The highest BCUT2D eigenvalue weighted by molar-refractivity contribution is 5.73. The number of amides is 1. The molecule has 1 aliphatic heterocycles. The SMILES string of the molecule is C=CCC1(O)CCN(C(C)=O)CC1. The molecular formula is C10H17NO2. The Morgan fingerprint density at radius 3 is 2.54 bits per heavy atom. The first-order chi connectivity index (χ1) is 6.07. The Hall–Kier alpha value is -0.830. The van der Waals surface area contributed by atoms with E-state index in [-0.39, 0.29) is 5.91 Å². The summed E-state index contributed by atoms with van der Waals surface area (Å²) in [6.45, 7) is 6.51. The van der Waals surface area contributed by atoms with Crippen molar-refractivity contribution in [1.29, 1.82) is 0 Å². The second-order valence-corrected chi connectivity index (χ2v) is 3.72.